The Balaban J connectivity index is 0.00000220. The summed E-state index contributed by atoms with van der Waals surface area (Å²) in [6.45, 7) is 4.52. The first-order valence-corrected chi connectivity index (χ1v) is 8.13. The Bertz CT molecular complexity index is 330. The normalized spacial score (nSPS) is 26.2. The van der Waals surface area contributed by atoms with Crippen LogP contribution in [0.2, 0.25) is 0 Å². The van der Waals surface area contributed by atoms with Crippen molar-refractivity contribution in [3.05, 3.63) is 0 Å². The maximum atomic E-state index is 13.0. The lowest BCUT2D eigenvalue weighted by molar-refractivity contribution is -0.145. The fourth-order valence-corrected chi connectivity index (χ4v) is 3.88. The highest BCUT2D eigenvalue weighted by molar-refractivity contribution is 5.85. The van der Waals surface area contributed by atoms with Crippen LogP contribution < -0.4 is 5.73 Å². The molecule has 2 fully saturated rings. The molecule has 1 saturated heterocycles. The summed E-state index contributed by atoms with van der Waals surface area (Å²) in [6, 6.07) is 0.184. The zero-order valence-electron chi connectivity index (χ0n) is 13.5. The molecule has 0 aromatic heterocycles. The van der Waals surface area contributed by atoms with Crippen molar-refractivity contribution in [1.82, 2.24) is 4.90 Å². The third-order valence-corrected chi connectivity index (χ3v) is 5.29. The average Bonchev–Trinajstić information content (AvgIpc) is 2.94. The van der Waals surface area contributed by atoms with E-state index in [0.717, 1.165) is 45.2 Å². The van der Waals surface area contributed by atoms with E-state index < -0.39 is 0 Å². The number of ether oxygens (including phenoxy) is 1. The number of halogens is 1. The van der Waals surface area contributed by atoms with Crippen LogP contribution >= 0.6 is 12.4 Å². The van der Waals surface area contributed by atoms with Crippen LogP contribution in [0.4, 0.5) is 0 Å². The number of rotatable bonds is 5. The lowest BCUT2D eigenvalue weighted by Gasteiger charge is -2.40. The maximum Gasteiger partial charge on any atom is 0.228 e. The van der Waals surface area contributed by atoms with Crippen LogP contribution in [0.25, 0.3) is 0 Å². The van der Waals surface area contributed by atoms with Gasteiger partial charge in [-0.15, -0.1) is 12.4 Å². The molecule has 1 saturated carbocycles. The van der Waals surface area contributed by atoms with Crippen LogP contribution in [-0.4, -0.2) is 43.7 Å². The summed E-state index contributed by atoms with van der Waals surface area (Å²) in [7, 11) is 1.72. The minimum Gasteiger partial charge on any atom is -0.385 e. The molecule has 21 heavy (non-hydrogen) atoms. The fraction of sp³-hybridized carbons (Fsp3) is 0.938. The van der Waals surface area contributed by atoms with Crippen molar-refractivity contribution in [2.45, 2.75) is 57.9 Å². The van der Waals surface area contributed by atoms with E-state index in [2.05, 4.69) is 11.8 Å². The lowest BCUT2D eigenvalue weighted by Crippen LogP contribution is -2.50. The van der Waals surface area contributed by atoms with Gasteiger partial charge in [0.15, 0.2) is 0 Å². The Morgan fingerprint density at radius 2 is 2.05 bits per heavy atom. The first-order valence-electron chi connectivity index (χ1n) is 8.13. The number of carbonyl (C=O) groups is 1. The SMILES string of the molecule is COCCC1(C(=O)N2CCCC(C(C)N)C2)CCCC1.Cl. The van der Waals surface area contributed by atoms with E-state index in [-0.39, 0.29) is 23.9 Å². The Morgan fingerprint density at radius 1 is 1.38 bits per heavy atom. The Hall–Kier alpha value is -0.320. The first-order chi connectivity index (χ1) is 9.59. The van der Waals surface area contributed by atoms with Crippen LogP contribution in [0, 0.1) is 11.3 Å². The van der Waals surface area contributed by atoms with E-state index in [1.54, 1.807) is 7.11 Å². The molecule has 1 amide bonds. The quantitative estimate of drug-likeness (QED) is 0.847. The van der Waals surface area contributed by atoms with E-state index in [0.29, 0.717) is 18.4 Å². The first kappa shape index (κ1) is 18.7. The second-order valence-electron chi connectivity index (χ2n) is 6.74. The molecule has 5 heteroatoms. The summed E-state index contributed by atoms with van der Waals surface area (Å²) in [5, 5.41) is 0. The molecular formula is C16H31ClN2O2. The lowest BCUT2D eigenvalue weighted by atomic mass is 9.80. The summed E-state index contributed by atoms with van der Waals surface area (Å²) in [6.07, 6.45) is 7.57. The largest absolute Gasteiger partial charge is 0.385 e. The number of piperidine rings is 1. The van der Waals surface area contributed by atoms with Crippen LogP contribution in [-0.2, 0) is 9.53 Å². The Morgan fingerprint density at radius 3 is 2.62 bits per heavy atom. The van der Waals surface area contributed by atoms with Gasteiger partial charge >= 0.3 is 0 Å². The van der Waals surface area contributed by atoms with Crippen LogP contribution in [0.15, 0.2) is 0 Å². The van der Waals surface area contributed by atoms with E-state index in [4.69, 9.17) is 10.5 Å². The van der Waals surface area contributed by atoms with Gasteiger partial charge in [-0.25, -0.2) is 0 Å². The molecule has 0 aromatic rings. The van der Waals surface area contributed by atoms with Crippen LogP contribution in [0.1, 0.15) is 51.9 Å². The summed E-state index contributed by atoms with van der Waals surface area (Å²) >= 11 is 0. The highest BCUT2D eigenvalue weighted by Gasteiger charge is 2.44. The van der Waals surface area contributed by atoms with Crippen LogP contribution in [0.5, 0.6) is 0 Å². The van der Waals surface area contributed by atoms with Crippen molar-refractivity contribution in [2.24, 2.45) is 17.1 Å². The number of hydrogen-bond acceptors (Lipinski definition) is 3. The molecule has 4 nitrogen and oxygen atoms in total. The smallest absolute Gasteiger partial charge is 0.228 e. The predicted octanol–water partition coefficient (Wildman–Crippen LogP) is 2.59. The van der Waals surface area contributed by atoms with Crippen molar-refractivity contribution in [3.63, 3.8) is 0 Å². The van der Waals surface area contributed by atoms with Gasteiger partial charge < -0.3 is 15.4 Å². The zero-order valence-corrected chi connectivity index (χ0v) is 14.3. The summed E-state index contributed by atoms with van der Waals surface area (Å²) in [4.78, 5) is 15.1. The molecule has 1 heterocycles. The van der Waals surface area contributed by atoms with Gasteiger partial charge in [0.05, 0.1) is 5.41 Å². The van der Waals surface area contributed by atoms with E-state index >= 15 is 0 Å². The highest BCUT2D eigenvalue weighted by Crippen LogP contribution is 2.43. The minimum absolute atomic E-state index is 0. The third kappa shape index (κ3) is 4.33. The highest BCUT2D eigenvalue weighted by atomic mass is 35.5. The van der Waals surface area contributed by atoms with Crippen molar-refractivity contribution < 1.29 is 9.53 Å². The van der Waals surface area contributed by atoms with Crippen molar-refractivity contribution >= 4 is 18.3 Å². The molecule has 0 bridgehead atoms. The van der Waals surface area contributed by atoms with Gasteiger partial charge in [-0.3, -0.25) is 4.79 Å². The molecule has 2 aliphatic rings. The number of methoxy groups -OCH3 is 1. The second-order valence-corrected chi connectivity index (χ2v) is 6.74. The predicted molar refractivity (Wildman–Crippen MR) is 87.6 cm³/mol. The third-order valence-electron chi connectivity index (χ3n) is 5.29. The van der Waals surface area contributed by atoms with Gasteiger partial charge in [0, 0.05) is 32.8 Å². The van der Waals surface area contributed by atoms with Gasteiger partial charge in [0.2, 0.25) is 5.91 Å². The number of nitrogens with zero attached hydrogens (tertiary/aromatic N) is 1. The molecule has 2 rings (SSSR count). The molecule has 0 spiro atoms. The molecule has 1 aliphatic heterocycles. The van der Waals surface area contributed by atoms with Gasteiger partial charge in [0.25, 0.3) is 0 Å². The molecule has 124 valence electrons. The zero-order chi connectivity index (χ0) is 14.6. The fourth-order valence-electron chi connectivity index (χ4n) is 3.88. The number of amides is 1. The number of nitrogens with two attached hydrogens (primary N) is 1. The molecule has 2 unspecified atom stereocenters. The van der Waals surface area contributed by atoms with Crippen molar-refractivity contribution in [1.29, 1.82) is 0 Å². The number of hydrogen-bond donors (Lipinski definition) is 1. The van der Waals surface area contributed by atoms with Gasteiger partial charge in [-0.05, 0) is 44.9 Å². The monoisotopic (exact) mass is 318 g/mol. The summed E-state index contributed by atoms with van der Waals surface area (Å²) in [5.41, 5.74) is 5.90. The van der Waals surface area contributed by atoms with Crippen LogP contribution in [0.3, 0.4) is 0 Å². The topological polar surface area (TPSA) is 55.6 Å². The standard InChI is InChI=1S/C16H30N2O2.ClH/c1-13(17)14-6-5-10-18(12-14)15(19)16(9-11-20-2)7-3-4-8-16;/h13-14H,3-12,17H2,1-2H3;1H. The Kier molecular flexibility index (Phi) is 7.45. The van der Waals surface area contributed by atoms with E-state index in [1.807, 2.05) is 0 Å². The maximum absolute atomic E-state index is 13.0. The van der Waals surface area contributed by atoms with E-state index in [1.165, 1.54) is 12.8 Å². The average molecular weight is 319 g/mol. The van der Waals surface area contributed by atoms with Gasteiger partial charge in [-0.2, -0.15) is 0 Å². The van der Waals surface area contributed by atoms with Gasteiger partial charge in [-0.1, -0.05) is 12.8 Å². The molecule has 2 atom stereocenters. The van der Waals surface area contributed by atoms with E-state index in [9.17, 15) is 4.79 Å². The molecule has 2 N–H and O–H groups in total. The van der Waals surface area contributed by atoms with Crippen molar-refractivity contribution in [3.8, 4) is 0 Å². The van der Waals surface area contributed by atoms with Gasteiger partial charge in [0.1, 0.15) is 0 Å². The summed E-state index contributed by atoms with van der Waals surface area (Å²) < 4.78 is 5.23. The number of likely N-dealkylation sites (tertiary alicyclic amines) is 1. The Labute approximate surface area is 135 Å². The summed E-state index contributed by atoms with van der Waals surface area (Å²) in [5.74, 6) is 0.839. The molecule has 1 aliphatic carbocycles. The second kappa shape index (κ2) is 8.35. The molecule has 0 radical (unpaired) electrons. The minimum atomic E-state index is -0.143. The number of carbonyl (C=O) groups excluding carboxylic acids is 1. The molecule has 0 aromatic carbocycles. The molecular weight excluding hydrogens is 288 g/mol. The van der Waals surface area contributed by atoms with Crippen molar-refractivity contribution in [2.75, 3.05) is 26.8 Å².